The molecule has 104 valence electrons. The molecule has 0 saturated carbocycles. The quantitative estimate of drug-likeness (QED) is 0.702. The summed E-state index contributed by atoms with van der Waals surface area (Å²) < 4.78 is 0. The molecule has 1 aromatic carbocycles. The van der Waals surface area contributed by atoms with Crippen molar-refractivity contribution in [3.63, 3.8) is 0 Å². The van der Waals surface area contributed by atoms with Crippen LogP contribution in [0.25, 0.3) is 5.57 Å². The fourth-order valence-corrected chi connectivity index (χ4v) is 0.921. The molecule has 0 amide bonds. The summed E-state index contributed by atoms with van der Waals surface area (Å²) >= 11 is 0. The van der Waals surface area contributed by atoms with Gasteiger partial charge in [0.2, 0.25) is 0 Å². The molecule has 18 heavy (non-hydrogen) atoms. The third-order valence-corrected chi connectivity index (χ3v) is 2.51. The van der Waals surface area contributed by atoms with E-state index < -0.39 is 0 Å². The van der Waals surface area contributed by atoms with Gasteiger partial charge in [-0.2, -0.15) is 0 Å². The summed E-state index contributed by atoms with van der Waals surface area (Å²) in [7, 11) is 0. The van der Waals surface area contributed by atoms with E-state index in [9.17, 15) is 5.11 Å². The molecule has 1 nitrogen and oxygen atoms in total. The zero-order chi connectivity index (χ0) is 14.7. The molecule has 1 N–H and O–H groups in total. The summed E-state index contributed by atoms with van der Waals surface area (Å²) in [5, 5.41) is 9.20. The summed E-state index contributed by atoms with van der Waals surface area (Å²) in [6.45, 7) is 18.3. The second-order valence-electron chi connectivity index (χ2n) is 4.58. The van der Waals surface area contributed by atoms with E-state index in [1.807, 2.05) is 39.8 Å². The molecule has 1 rings (SSSR count). The smallest absolute Gasteiger partial charge is 0.118 e. The predicted molar refractivity (Wildman–Crippen MR) is 84.0 cm³/mol. The van der Waals surface area contributed by atoms with Crippen molar-refractivity contribution in [2.24, 2.45) is 5.92 Å². The Hall–Kier alpha value is -1.24. The molecular formula is C17H30O. The van der Waals surface area contributed by atoms with Crippen LogP contribution in [0.5, 0.6) is 5.75 Å². The van der Waals surface area contributed by atoms with Gasteiger partial charge in [-0.15, -0.1) is 0 Å². The molecule has 1 heteroatoms. The average Bonchev–Trinajstić information content (AvgIpc) is 2.35. The minimum Gasteiger partial charge on any atom is -0.508 e. The summed E-state index contributed by atoms with van der Waals surface area (Å²) in [6.07, 6.45) is 1.31. The Balaban J connectivity index is 0. The maximum atomic E-state index is 9.20. The van der Waals surface area contributed by atoms with Gasteiger partial charge in [0.25, 0.3) is 0 Å². The van der Waals surface area contributed by atoms with Crippen molar-refractivity contribution in [1.29, 1.82) is 0 Å². The Kier molecular flexibility index (Phi) is 11.6. The summed E-state index contributed by atoms with van der Waals surface area (Å²) in [5.74, 6) is 1.23. The van der Waals surface area contributed by atoms with Crippen LogP contribution >= 0.6 is 0 Å². The molecule has 0 radical (unpaired) electrons. The van der Waals surface area contributed by atoms with Crippen LogP contribution < -0.4 is 0 Å². The Morgan fingerprint density at radius 1 is 1.28 bits per heavy atom. The standard InChI is InChI=1S/C10H12O.C5H12.C2H6/c1-7(2)9-4-5-10(11)8(3)6-9;1-4-5(2)3;1-2/h4-6,11H,1H2,2-3H3;5H,4H2,1-3H3;1-2H3. The molecule has 0 heterocycles. The topological polar surface area (TPSA) is 20.2 Å². The number of hydrogen-bond donors (Lipinski definition) is 1. The Labute approximate surface area is 114 Å². The van der Waals surface area contributed by atoms with Crippen LogP contribution in [0.2, 0.25) is 0 Å². The summed E-state index contributed by atoms with van der Waals surface area (Å²) in [6, 6.07) is 5.49. The highest BCUT2D eigenvalue weighted by Gasteiger charge is 1.97. The first kappa shape index (κ1) is 19.1. The number of benzene rings is 1. The highest BCUT2D eigenvalue weighted by atomic mass is 16.3. The van der Waals surface area contributed by atoms with Gasteiger partial charge in [0.1, 0.15) is 5.75 Å². The van der Waals surface area contributed by atoms with Gasteiger partial charge in [-0.25, -0.2) is 0 Å². The second kappa shape index (κ2) is 10.9. The van der Waals surface area contributed by atoms with Crippen molar-refractivity contribution < 1.29 is 5.11 Å². The van der Waals surface area contributed by atoms with E-state index in [-0.39, 0.29) is 0 Å². The lowest BCUT2D eigenvalue weighted by Gasteiger charge is -2.02. The Morgan fingerprint density at radius 2 is 1.72 bits per heavy atom. The van der Waals surface area contributed by atoms with Gasteiger partial charge >= 0.3 is 0 Å². The van der Waals surface area contributed by atoms with Crippen LogP contribution in [-0.2, 0) is 0 Å². The zero-order valence-corrected chi connectivity index (χ0v) is 13.2. The van der Waals surface area contributed by atoms with Crippen molar-refractivity contribution in [3.8, 4) is 5.75 Å². The maximum Gasteiger partial charge on any atom is 0.118 e. The molecule has 0 unspecified atom stereocenters. The molecule has 0 bridgehead atoms. The van der Waals surface area contributed by atoms with Gasteiger partial charge in [0.05, 0.1) is 0 Å². The van der Waals surface area contributed by atoms with Gasteiger partial charge in [-0.3, -0.25) is 0 Å². The first-order valence-corrected chi connectivity index (χ1v) is 6.84. The van der Waals surface area contributed by atoms with E-state index in [4.69, 9.17) is 0 Å². The van der Waals surface area contributed by atoms with Crippen molar-refractivity contribution in [1.82, 2.24) is 0 Å². The number of phenols is 1. The van der Waals surface area contributed by atoms with E-state index in [2.05, 4.69) is 27.4 Å². The maximum absolute atomic E-state index is 9.20. The fraction of sp³-hybridized carbons (Fsp3) is 0.529. The normalized spacial score (nSPS) is 8.89. The van der Waals surface area contributed by atoms with Crippen LogP contribution in [0.4, 0.5) is 0 Å². The monoisotopic (exact) mass is 250 g/mol. The molecule has 0 fully saturated rings. The number of allylic oxidation sites excluding steroid dienone is 1. The van der Waals surface area contributed by atoms with Gasteiger partial charge in [-0.05, 0) is 43.0 Å². The van der Waals surface area contributed by atoms with Gasteiger partial charge in [0.15, 0.2) is 0 Å². The van der Waals surface area contributed by atoms with E-state index in [1.165, 1.54) is 6.42 Å². The first-order chi connectivity index (χ1) is 8.38. The number of hydrogen-bond acceptors (Lipinski definition) is 1. The number of phenolic OH excluding ortho intramolecular Hbond substituents is 1. The average molecular weight is 250 g/mol. The van der Waals surface area contributed by atoms with Crippen LogP contribution in [0, 0.1) is 12.8 Å². The predicted octanol–water partition coefficient (Wildman–Crippen LogP) is 5.81. The number of rotatable bonds is 2. The van der Waals surface area contributed by atoms with E-state index in [1.54, 1.807) is 6.07 Å². The van der Waals surface area contributed by atoms with E-state index >= 15 is 0 Å². The number of aryl methyl sites for hydroxylation is 1. The SMILES string of the molecule is C=C(C)c1ccc(O)c(C)c1.CC.CCC(C)C. The van der Waals surface area contributed by atoms with Crippen molar-refractivity contribution in [2.45, 2.75) is 54.9 Å². The highest BCUT2D eigenvalue weighted by molar-refractivity contribution is 5.62. The summed E-state index contributed by atoms with van der Waals surface area (Å²) in [5.41, 5.74) is 3.00. The molecule has 0 atom stereocenters. The summed E-state index contributed by atoms with van der Waals surface area (Å²) in [4.78, 5) is 0. The van der Waals surface area contributed by atoms with Gasteiger partial charge < -0.3 is 5.11 Å². The van der Waals surface area contributed by atoms with Gasteiger partial charge in [0, 0.05) is 0 Å². The third-order valence-electron chi connectivity index (χ3n) is 2.51. The van der Waals surface area contributed by atoms with Crippen molar-refractivity contribution in [2.75, 3.05) is 0 Å². The molecule has 0 saturated heterocycles. The van der Waals surface area contributed by atoms with Crippen LogP contribution in [0.3, 0.4) is 0 Å². The second-order valence-corrected chi connectivity index (χ2v) is 4.58. The number of aromatic hydroxyl groups is 1. The molecule has 0 aliphatic heterocycles. The van der Waals surface area contributed by atoms with E-state index in [0.29, 0.717) is 5.75 Å². The molecule has 0 spiro atoms. The molecule has 0 aliphatic rings. The Morgan fingerprint density at radius 3 is 2.00 bits per heavy atom. The minimum atomic E-state index is 0.343. The zero-order valence-electron chi connectivity index (χ0n) is 13.2. The molecule has 0 aromatic heterocycles. The highest BCUT2D eigenvalue weighted by Crippen LogP contribution is 2.20. The molecular weight excluding hydrogens is 220 g/mol. The molecule has 1 aromatic rings. The van der Waals surface area contributed by atoms with Gasteiger partial charge in [-0.1, -0.05) is 59.3 Å². The lowest BCUT2D eigenvalue weighted by Crippen LogP contribution is -1.80. The largest absolute Gasteiger partial charge is 0.508 e. The fourth-order valence-electron chi connectivity index (χ4n) is 0.921. The first-order valence-electron chi connectivity index (χ1n) is 6.84. The van der Waals surface area contributed by atoms with Crippen molar-refractivity contribution in [3.05, 3.63) is 35.9 Å². The van der Waals surface area contributed by atoms with Crippen LogP contribution in [0.15, 0.2) is 24.8 Å². The lowest BCUT2D eigenvalue weighted by atomic mass is 10.1. The Bertz CT molecular complexity index is 337. The lowest BCUT2D eigenvalue weighted by molar-refractivity contribution is 0.471. The van der Waals surface area contributed by atoms with E-state index in [0.717, 1.165) is 22.6 Å². The third kappa shape index (κ3) is 8.86. The minimum absolute atomic E-state index is 0.343. The molecule has 0 aliphatic carbocycles. The van der Waals surface area contributed by atoms with Crippen LogP contribution in [0.1, 0.15) is 59.1 Å². The van der Waals surface area contributed by atoms with Crippen molar-refractivity contribution >= 4 is 5.57 Å². The van der Waals surface area contributed by atoms with Crippen LogP contribution in [-0.4, -0.2) is 5.11 Å².